The van der Waals surface area contributed by atoms with Crippen molar-refractivity contribution in [2.24, 2.45) is 7.05 Å². The third-order valence-electron chi connectivity index (χ3n) is 3.87. The zero-order chi connectivity index (χ0) is 15.5. The van der Waals surface area contributed by atoms with Crippen LogP contribution >= 0.6 is 0 Å². The lowest BCUT2D eigenvalue weighted by atomic mass is 10.1. The van der Waals surface area contributed by atoms with E-state index in [4.69, 9.17) is 0 Å². The van der Waals surface area contributed by atoms with Gasteiger partial charge in [-0.1, -0.05) is 0 Å². The zero-order valence-electron chi connectivity index (χ0n) is 12.6. The number of rotatable bonds is 3. The first-order valence-corrected chi connectivity index (χ1v) is 7.48. The monoisotopic (exact) mass is 302 g/mol. The van der Waals surface area contributed by atoms with Crippen LogP contribution in [0.4, 0.5) is 15.8 Å². The molecule has 6 heteroatoms. The van der Waals surface area contributed by atoms with Gasteiger partial charge in [0.25, 0.3) is 5.91 Å². The molecule has 3 rings (SSSR count). The number of hydrogen-bond donors (Lipinski definition) is 1. The molecule has 116 valence electrons. The molecule has 1 aromatic heterocycles. The number of aryl methyl sites for hydroxylation is 1. The van der Waals surface area contributed by atoms with E-state index in [0.29, 0.717) is 11.3 Å². The molecule has 1 aliphatic rings. The Morgan fingerprint density at radius 1 is 1.27 bits per heavy atom. The average molecular weight is 302 g/mol. The maximum atomic E-state index is 13.6. The second-order valence-electron chi connectivity index (χ2n) is 5.57. The number of halogens is 1. The SMILES string of the molecule is Cn1cc(C(=O)Nc2cc(F)ccc2N2CCCCC2)cn1. The fraction of sp³-hybridized carbons (Fsp3) is 0.375. The van der Waals surface area contributed by atoms with Crippen LogP contribution < -0.4 is 10.2 Å². The zero-order valence-corrected chi connectivity index (χ0v) is 12.6. The molecular weight excluding hydrogens is 283 g/mol. The smallest absolute Gasteiger partial charge is 0.258 e. The van der Waals surface area contributed by atoms with Gasteiger partial charge in [0.05, 0.1) is 23.1 Å². The van der Waals surface area contributed by atoms with E-state index in [0.717, 1.165) is 31.6 Å². The molecule has 2 heterocycles. The Labute approximate surface area is 128 Å². The second-order valence-corrected chi connectivity index (χ2v) is 5.57. The fourth-order valence-electron chi connectivity index (χ4n) is 2.75. The number of hydrogen-bond acceptors (Lipinski definition) is 3. The van der Waals surface area contributed by atoms with E-state index < -0.39 is 0 Å². The lowest BCUT2D eigenvalue weighted by Gasteiger charge is -2.30. The predicted molar refractivity (Wildman–Crippen MR) is 83.6 cm³/mol. The van der Waals surface area contributed by atoms with E-state index in [-0.39, 0.29) is 11.7 Å². The quantitative estimate of drug-likeness (QED) is 0.948. The van der Waals surface area contributed by atoms with Gasteiger partial charge in [-0.05, 0) is 37.5 Å². The number of nitrogens with zero attached hydrogens (tertiary/aromatic N) is 3. The molecule has 1 saturated heterocycles. The molecule has 22 heavy (non-hydrogen) atoms. The van der Waals surface area contributed by atoms with Gasteiger partial charge in [-0.3, -0.25) is 9.48 Å². The lowest BCUT2D eigenvalue weighted by Crippen LogP contribution is -2.30. The molecule has 0 spiro atoms. The largest absolute Gasteiger partial charge is 0.370 e. The summed E-state index contributed by atoms with van der Waals surface area (Å²) >= 11 is 0. The summed E-state index contributed by atoms with van der Waals surface area (Å²) in [7, 11) is 1.75. The van der Waals surface area contributed by atoms with Crippen molar-refractivity contribution in [2.75, 3.05) is 23.3 Å². The minimum Gasteiger partial charge on any atom is -0.370 e. The van der Waals surface area contributed by atoms with Crippen LogP contribution in [0.5, 0.6) is 0 Å². The Morgan fingerprint density at radius 3 is 2.73 bits per heavy atom. The van der Waals surface area contributed by atoms with Gasteiger partial charge in [-0.25, -0.2) is 4.39 Å². The predicted octanol–water partition coefficient (Wildman–Crippen LogP) is 2.80. The highest BCUT2D eigenvalue weighted by Gasteiger charge is 2.17. The molecule has 1 amide bonds. The number of carbonyl (C=O) groups excluding carboxylic acids is 1. The van der Waals surface area contributed by atoms with E-state index in [9.17, 15) is 9.18 Å². The Kier molecular flexibility index (Phi) is 4.09. The first-order valence-electron chi connectivity index (χ1n) is 7.48. The number of carbonyl (C=O) groups is 1. The van der Waals surface area contributed by atoms with E-state index in [2.05, 4.69) is 15.3 Å². The number of aromatic nitrogens is 2. The number of piperidine rings is 1. The van der Waals surface area contributed by atoms with Crippen LogP contribution in [-0.4, -0.2) is 28.8 Å². The first kappa shape index (κ1) is 14.6. The molecule has 5 nitrogen and oxygen atoms in total. The van der Waals surface area contributed by atoms with Gasteiger partial charge in [0.2, 0.25) is 0 Å². The molecule has 1 aromatic carbocycles. The van der Waals surface area contributed by atoms with Crippen LogP contribution in [0.2, 0.25) is 0 Å². The third-order valence-corrected chi connectivity index (χ3v) is 3.87. The normalized spacial score (nSPS) is 14.9. The standard InChI is InChI=1S/C16H19FN4O/c1-20-11-12(10-18-20)16(22)19-14-9-13(17)5-6-15(14)21-7-3-2-4-8-21/h5-6,9-11H,2-4,7-8H2,1H3,(H,19,22). The van der Waals surface area contributed by atoms with Gasteiger partial charge in [0.15, 0.2) is 0 Å². The van der Waals surface area contributed by atoms with Crippen molar-refractivity contribution in [2.45, 2.75) is 19.3 Å². The number of nitrogens with one attached hydrogen (secondary N) is 1. The Hall–Kier alpha value is -2.37. The topological polar surface area (TPSA) is 50.2 Å². The summed E-state index contributed by atoms with van der Waals surface area (Å²) in [4.78, 5) is 14.5. The number of anilines is 2. The molecule has 1 fully saturated rings. The van der Waals surface area contributed by atoms with Crippen LogP contribution in [0.15, 0.2) is 30.6 Å². The van der Waals surface area contributed by atoms with Crippen LogP contribution in [0.1, 0.15) is 29.6 Å². The van der Waals surface area contributed by atoms with Crippen LogP contribution in [-0.2, 0) is 7.05 Å². The average Bonchev–Trinajstić information content (AvgIpc) is 2.95. The van der Waals surface area contributed by atoms with Gasteiger partial charge in [-0.15, -0.1) is 0 Å². The minimum absolute atomic E-state index is 0.281. The molecule has 0 radical (unpaired) electrons. The lowest BCUT2D eigenvalue weighted by molar-refractivity contribution is 0.102. The molecule has 0 bridgehead atoms. The summed E-state index contributed by atoms with van der Waals surface area (Å²) in [5, 5.41) is 6.78. The molecule has 0 unspecified atom stereocenters. The van der Waals surface area contributed by atoms with E-state index in [1.165, 1.54) is 24.8 Å². The second kappa shape index (κ2) is 6.17. The van der Waals surface area contributed by atoms with E-state index in [1.807, 2.05) is 0 Å². The van der Waals surface area contributed by atoms with Gasteiger partial charge in [0.1, 0.15) is 5.82 Å². The summed E-state index contributed by atoms with van der Waals surface area (Å²) in [5.41, 5.74) is 1.84. The molecule has 1 N–H and O–H groups in total. The molecular formula is C16H19FN4O. The Morgan fingerprint density at radius 2 is 2.05 bits per heavy atom. The van der Waals surface area contributed by atoms with E-state index >= 15 is 0 Å². The first-order chi connectivity index (χ1) is 10.6. The van der Waals surface area contributed by atoms with Crippen LogP contribution in [0.3, 0.4) is 0 Å². The molecule has 1 aliphatic heterocycles. The van der Waals surface area contributed by atoms with Crippen molar-refractivity contribution in [1.29, 1.82) is 0 Å². The van der Waals surface area contributed by atoms with Crippen molar-refractivity contribution in [3.8, 4) is 0 Å². The Balaban J connectivity index is 1.85. The molecule has 0 atom stereocenters. The van der Waals surface area contributed by atoms with Gasteiger partial charge >= 0.3 is 0 Å². The summed E-state index contributed by atoms with van der Waals surface area (Å²) in [6.45, 7) is 1.86. The number of benzene rings is 1. The summed E-state index contributed by atoms with van der Waals surface area (Å²) in [5.74, 6) is -0.640. The molecule has 0 aliphatic carbocycles. The summed E-state index contributed by atoms with van der Waals surface area (Å²) in [6.07, 6.45) is 6.58. The highest BCUT2D eigenvalue weighted by atomic mass is 19.1. The highest BCUT2D eigenvalue weighted by molar-refractivity contribution is 6.05. The minimum atomic E-state index is -0.359. The van der Waals surface area contributed by atoms with E-state index in [1.54, 1.807) is 24.0 Å². The highest BCUT2D eigenvalue weighted by Crippen LogP contribution is 2.29. The van der Waals surface area contributed by atoms with Crippen LogP contribution in [0, 0.1) is 5.82 Å². The van der Waals surface area contributed by atoms with Crippen molar-refractivity contribution in [3.05, 3.63) is 42.0 Å². The third kappa shape index (κ3) is 3.10. The van der Waals surface area contributed by atoms with Crippen molar-refractivity contribution >= 4 is 17.3 Å². The van der Waals surface area contributed by atoms with Crippen molar-refractivity contribution < 1.29 is 9.18 Å². The maximum absolute atomic E-state index is 13.6. The van der Waals surface area contributed by atoms with Crippen molar-refractivity contribution in [1.82, 2.24) is 9.78 Å². The molecule has 0 saturated carbocycles. The van der Waals surface area contributed by atoms with Crippen LogP contribution in [0.25, 0.3) is 0 Å². The summed E-state index contributed by atoms with van der Waals surface area (Å²) in [6, 6.07) is 4.54. The van der Waals surface area contributed by atoms with Crippen molar-refractivity contribution in [3.63, 3.8) is 0 Å². The van der Waals surface area contributed by atoms with Gasteiger partial charge in [0, 0.05) is 26.3 Å². The maximum Gasteiger partial charge on any atom is 0.258 e. The van der Waals surface area contributed by atoms with Gasteiger partial charge < -0.3 is 10.2 Å². The van der Waals surface area contributed by atoms with Gasteiger partial charge in [-0.2, -0.15) is 5.10 Å². The number of amides is 1. The molecule has 2 aromatic rings. The summed E-state index contributed by atoms with van der Waals surface area (Å²) < 4.78 is 15.1. The Bertz CT molecular complexity index is 677. The fourth-order valence-corrected chi connectivity index (χ4v) is 2.75.